The summed E-state index contributed by atoms with van der Waals surface area (Å²) in [4.78, 5) is 34.6. The van der Waals surface area contributed by atoms with Gasteiger partial charge >= 0.3 is 5.97 Å². The second-order valence-corrected chi connectivity index (χ2v) is 4.16. The van der Waals surface area contributed by atoms with Crippen molar-refractivity contribution >= 4 is 11.9 Å². The van der Waals surface area contributed by atoms with Gasteiger partial charge in [-0.3, -0.25) is 10.1 Å². The molecule has 0 radical (unpaired) electrons. The van der Waals surface area contributed by atoms with Crippen LogP contribution in [0.2, 0.25) is 0 Å². The van der Waals surface area contributed by atoms with Gasteiger partial charge in [-0.05, 0) is 12.2 Å². The Kier molecular flexibility index (Phi) is 5.00. The van der Waals surface area contributed by atoms with E-state index in [1.54, 1.807) is 14.1 Å². The molecule has 0 heterocycles. The smallest absolute Gasteiger partial charge is 0.340 e. The number of ether oxygens (including phenoxy) is 1. The molecule has 0 aromatic rings. The highest BCUT2D eigenvalue weighted by atomic mass is 16.6. The average Bonchev–Trinajstić information content (AvgIpc) is 2.42. The minimum absolute atomic E-state index is 0.00358. The molecule has 7 nitrogen and oxygen atoms in total. The Morgan fingerprint density at radius 3 is 2.70 bits per heavy atom. The highest BCUT2D eigenvalue weighted by Gasteiger charge is 2.38. The van der Waals surface area contributed by atoms with Gasteiger partial charge in [0.15, 0.2) is 0 Å². The summed E-state index contributed by atoms with van der Waals surface area (Å²) in [5, 5.41) is 11.2. The summed E-state index contributed by atoms with van der Waals surface area (Å²) < 4.78 is 4.88. The standard InChI is InChI=1S/C13H14N2O5/c1-4-7-20-13(17)10-6-5-9(8-16)11(15(18)19)12(10)14(2)3/h4-6,11H,1,7H2,2-3H3. The highest BCUT2D eigenvalue weighted by Crippen LogP contribution is 2.27. The minimum Gasteiger partial charge on any atom is -0.458 e. The largest absolute Gasteiger partial charge is 0.458 e. The SMILES string of the molecule is C=CCOC(=O)C1=C(N(C)C)C([N+](=O)[O-])C(=C=O)C=C1. The van der Waals surface area contributed by atoms with Crippen LogP contribution in [0.15, 0.2) is 41.7 Å². The Bertz CT molecular complexity index is 553. The van der Waals surface area contributed by atoms with E-state index in [1.165, 1.54) is 29.1 Å². The topological polar surface area (TPSA) is 89.8 Å². The van der Waals surface area contributed by atoms with E-state index in [4.69, 9.17) is 4.74 Å². The first-order chi connectivity index (χ1) is 9.43. The molecule has 1 aliphatic carbocycles. The van der Waals surface area contributed by atoms with Crippen molar-refractivity contribution in [1.29, 1.82) is 0 Å². The monoisotopic (exact) mass is 278 g/mol. The van der Waals surface area contributed by atoms with Crippen molar-refractivity contribution in [2.24, 2.45) is 0 Å². The molecule has 0 saturated heterocycles. The van der Waals surface area contributed by atoms with Crippen LogP contribution in [0, 0.1) is 10.1 Å². The third kappa shape index (κ3) is 3.02. The van der Waals surface area contributed by atoms with E-state index in [0.29, 0.717) is 0 Å². The predicted molar refractivity (Wildman–Crippen MR) is 71.0 cm³/mol. The maximum atomic E-state index is 11.9. The first-order valence-corrected chi connectivity index (χ1v) is 5.70. The minimum atomic E-state index is -1.43. The molecule has 1 atom stereocenters. The van der Waals surface area contributed by atoms with Crippen LogP contribution in [0.25, 0.3) is 0 Å². The maximum absolute atomic E-state index is 11.9. The summed E-state index contributed by atoms with van der Waals surface area (Å²) in [6.45, 7) is 3.41. The Balaban J connectivity index is 3.35. The van der Waals surface area contributed by atoms with E-state index >= 15 is 0 Å². The quantitative estimate of drug-likeness (QED) is 0.239. The van der Waals surface area contributed by atoms with Crippen molar-refractivity contribution < 1.29 is 19.2 Å². The van der Waals surface area contributed by atoms with Gasteiger partial charge in [0.25, 0.3) is 6.04 Å². The van der Waals surface area contributed by atoms with Crippen molar-refractivity contribution in [2.75, 3.05) is 20.7 Å². The van der Waals surface area contributed by atoms with Crippen molar-refractivity contribution in [3.8, 4) is 0 Å². The summed E-state index contributed by atoms with van der Waals surface area (Å²) in [5.74, 6) is 0.825. The van der Waals surface area contributed by atoms with Crippen LogP contribution in [0.3, 0.4) is 0 Å². The molecule has 20 heavy (non-hydrogen) atoms. The number of hydrogen-bond donors (Lipinski definition) is 0. The predicted octanol–water partition coefficient (Wildman–Crippen LogP) is 0.504. The van der Waals surface area contributed by atoms with Crippen LogP contribution in [0.1, 0.15) is 0 Å². The van der Waals surface area contributed by atoms with Crippen LogP contribution in [-0.2, 0) is 14.3 Å². The summed E-state index contributed by atoms with van der Waals surface area (Å²) >= 11 is 0. The Hall–Kier alpha value is -2.66. The third-order valence-corrected chi connectivity index (χ3v) is 2.62. The molecule has 1 aliphatic rings. The zero-order valence-electron chi connectivity index (χ0n) is 11.2. The molecule has 106 valence electrons. The van der Waals surface area contributed by atoms with Crippen LogP contribution in [0.4, 0.5) is 0 Å². The first-order valence-electron chi connectivity index (χ1n) is 5.70. The van der Waals surface area contributed by atoms with Gasteiger partial charge in [-0.1, -0.05) is 12.7 Å². The van der Waals surface area contributed by atoms with E-state index in [2.05, 4.69) is 6.58 Å². The van der Waals surface area contributed by atoms with Gasteiger partial charge in [-0.15, -0.1) is 0 Å². The number of carbonyl (C=O) groups is 1. The number of carbonyl (C=O) groups excluding carboxylic acids is 2. The van der Waals surface area contributed by atoms with Gasteiger partial charge in [0, 0.05) is 19.0 Å². The Morgan fingerprint density at radius 2 is 2.25 bits per heavy atom. The number of nitrogens with zero attached hydrogens (tertiary/aromatic N) is 2. The lowest BCUT2D eigenvalue weighted by molar-refractivity contribution is -0.503. The molecular formula is C13H14N2O5. The second-order valence-electron chi connectivity index (χ2n) is 4.16. The lowest BCUT2D eigenvalue weighted by atomic mass is 9.94. The fourth-order valence-electron chi connectivity index (χ4n) is 1.82. The lowest BCUT2D eigenvalue weighted by Gasteiger charge is -2.24. The van der Waals surface area contributed by atoms with E-state index < -0.39 is 16.9 Å². The van der Waals surface area contributed by atoms with Gasteiger partial charge < -0.3 is 9.64 Å². The molecule has 0 fully saturated rings. The van der Waals surface area contributed by atoms with Crippen LogP contribution in [0.5, 0.6) is 0 Å². The number of rotatable bonds is 5. The van der Waals surface area contributed by atoms with Gasteiger partial charge in [0.05, 0.1) is 5.57 Å². The number of likely N-dealkylation sites (N-methyl/N-ethyl adjacent to an activating group) is 1. The average molecular weight is 278 g/mol. The van der Waals surface area contributed by atoms with E-state index in [1.807, 2.05) is 0 Å². The number of nitro groups is 1. The fourth-order valence-corrected chi connectivity index (χ4v) is 1.82. The zero-order valence-corrected chi connectivity index (χ0v) is 11.2. The zero-order chi connectivity index (χ0) is 15.3. The van der Waals surface area contributed by atoms with E-state index in [0.717, 1.165) is 0 Å². The Labute approximate surface area is 115 Å². The molecule has 0 bridgehead atoms. The molecule has 0 aliphatic heterocycles. The molecule has 0 aromatic carbocycles. The fraction of sp³-hybridized carbons (Fsp3) is 0.308. The summed E-state index contributed by atoms with van der Waals surface area (Å²) in [6.07, 6.45) is 3.92. The van der Waals surface area contributed by atoms with Gasteiger partial charge in [-0.2, -0.15) is 0 Å². The third-order valence-electron chi connectivity index (χ3n) is 2.62. The molecule has 0 aromatic heterocycles. The van der Waals surface area contributed by atoms with Crippen molar-refractivity contribution in [2.45, 2.75) is 6.04 Å². The maximum Gasteiger partial charge on any atom is 0.340 e. The molecule has 1 unspecified atom stereocenters. The highest BCUT2D eigenvalue weighted by molar-refractivity contribution is 5.94. The second kappa shape index (κ2) is 6.49. The van der Waals surface area contributed by atoms with Crippen LogP contribution < -0.4 is 0 Å². The normalized spacial score (nSPS) is 17.5. The number of esters is 1. The molecule has 7 heteroatoms. The van der Waals surface area contributed by atoms with Gasteiger partial charge in [-0.25, -0.2) is 9.59 Å². The van der Waals surface area contributed by atoms with E-state index in [-0.39, 0.29) is 23.5 Å². The summed E-state index contributed by atoms with van der Waals surface area (Å²) in [6, 6.07) is -1.43. The van der Waals surface area contributed by atoms with Crippen LogP contribution >= 0.6 is 0 Å². The molecule has 1 rings (SSSR count). The Morgan fingerprint density at radius 1 is 1.60 bits per heavy atom. The molecule has 0 N–H and O–H groups in total. The molecule has 0 spiro atoms. The van der Waals surface area contributed by atoms with Gasteiger partial charge in [0.1, 0.15) is 23.8 Å². The van der Waals surface area contributed by atoms with Crippen molar-refractivity contribution in [3.05, 3.63) is 51.8 Å². The van der Waals surface area contributed by atoms with E-state index in [9.17, 15) is 19.7 Å². The molecular weight excluding hydrogens is 264 g/mol. The lowest BCUT2D eigenvalue weighted by Crippen LogP contribution is -2.36. The van der Waals surface area contributed by atoms with Crippen LogP contribution in [-0.4, -0.2) is 48.5 Å². The van der Waals surface area contributed by atoms with Gasteiger partial charge in [0.2, 0.25) is 0 Å². The molecule has 0 saturated carbocycles. The first kappa shape index (κ1) is 15.4. The summed E-state index contributed by atoms with van der Waals surface area (Å²) in [7, 11) is 3.10. The van der Waals surface area contributed by atoms with Crippen molar-refractivity contribution in [3.63, 3.8) is 0 Å². The molecule has 0 amide bonds. The van der Waals surface area contributed by atoms with Crippen molar-refractivity contribution in [1.82, 2.24) is 4.90 Å². The summed E-state index contributed by atoms with van der Waals surface area (Å²) in [5.41, 5.74) is -0.0126. The number of hydrogen-bond acceptors (Lipinski definition) is 6.